The third-order valence-electron chi connectivity index (χ3n) is 7.14. The number of nitrogens with zero attached hydrogens (tertiary/aromatic N) is 3. The molecule has 2 saturated heterocycles. The van der Waals surface area contributed by atoms with Crippen molar-refractivity contribution in [3.05, 3.63) is 30.1 Å². The zero-order valence-electron chi connectivity index (χ0n) is 20.3. The fourth-order valence-electron chi connectivity index (χ4n) is 5.39. The number of benzene rings is 1. The Labute approximate surface area is 196 Å². The van der Waals surface area contributed by atoms with E-state index in [9.17, 15) is 14.0 Å². The number of halogens is 1. The van der Waals surface area contributed by atoms with E-state index < -0.39 is 6.09 Å². The van der Waals surface area contributed by atoms with Crippen LogP contribution in [0.1, 0.15) is 59.3 Å². The van der Waals surface area contributed by atoms with Crippen LogP contribution in [0.25, 0.3) is 0 Å². The van der Waals surface area contributed by atoms with Crippen molar-refractivity contribution in [1.29, 1.82) is 0 Å². The second kappa shape index (κ2) is 11.7. The van der Waals surface area contributed by atoms with E-state index in [1.54, 1.807) is 17.0 Å². The largest absolute Gasteiger partial charge is 0.452 e. The lowest BCUT2D eigenvalue weighted by Crippen LogP contribution is -2.51. The lowest BCUT2D eigenvalue weighted by molar-refractivity contribution is 0.0738. The number of hydrogen-bond acceptors (Lipinski definition) is 5. The molecule has 8 heteroatoms. The van der Waals surface area contributed by atoms with Crippen LogP contribution in [0, 0.1) is 5.82 Å². The minimum Gasteiger partial charge on any atom is -0.452 e. The van der Waals surface area contributed by atoms with E-state index in [4.69, 9.17) is 9.47 Å². The van der Waals surface area contributed by atoms with Crippen molar-refractivity contribution in [3.8, 4) is 0 Å². The highest BCUT2D eigenvalue weighted by Gasteiger charge is 2.38. The second-order valence-electron chi connectivity index (χ2n) is 9.07. The number of methoxy groups -OCH3 is 1. The predicted octanol–water partition coefficient (Wildman–Crippen LogP) is 5.04. The third-order valence-corrected chi connectivity index (χ3v) is 7.14. The van der Waals surface area contributed by atoms with Crippen molar-refractivity contribution in [3.63, 3.8) is 0 Å². The van der Waals surface area contributed by atoms with Gasteiger partial charge in [0.1, 0.15) is 5.82 Å². The van der Waals surface area contributed by atoms with Gasteiger partial charge in [-0.1, -0.05) is 6.92 Å². The molecule has 2 heterocycles. The first kappa shape index (κ1) is 25.3. The zero-order chi connectivity index (χ0) is 24.0. The lowest BCUT2D eigenvalue weighted by atomic mass is 9.96. The van der Waals surface area contributed by atoms with E-state index >= 15 is 0 Å². The highest BCUT2D eigenvalue weighted by atomic mass is 19.1. The Bertz CT molecular complexity index is 782. The Kier molecular flexibility index (Phi) is 8.95. The summed E-state index contributed by atoms with van der Waals surface area (Å²) in [6, 6.07) is 6.76. The van der Waals surface area contributed by atoms with Gasteiger partial charge in [-0.2, -0.15) is 0 Å². The van der Waals surface area contributed by atoms with Crippen molar-refractivity contribution >= 4 is 17.9 Å². The van der Waals surface area contributed by atoms with Gasteiger partial charge in [-0.25, -0.2) is 14.0 Å². The molecular formula is C25H38FN3O4. The molecule has 0 aromatic heterocycles. The van der Waals surface area contributed by atoms with Crippen LogP contribution in [0.5, 0.6) is 0 Å². The molecule has 2 aliphatic rings. The number of carbonyl (C=O) groups is 2. The van der Waals surface area contributed by atoms with Crippen LogP contribution in [-0.2, 0) is 9.47 Å². The summed E-state index contributed by atoms with van der Waals surface area (Å²) >= 11 is 0. The average Bonchev–Trinajstić information content (AvgIpc) is 3.19. The van der Waals surface area contributed by atoms with E-state index in [0.717, 1.165) is 51.6 Å². The molecule has 0 bridgehead atoms. The fraction of sp³-hybridized carbons (Fsp3) is 0.680. The summed E-state index contributed by atoms with van der Waals surface area (Å²) in [6.45, 7) is 8.25. The Balaban J connectivity index is 1.63. The maximum Gasteiger partial charge on any atom is 0.414 e. The Morgan fingerprint density at radius 1 is 1.12 bits per heavy atom. The normalized spacial score (nSPS) is 22.8. The number of rotatable bonds is 7. The number of carbonyl (C=O) groups excluding carboxylic acids is 2. The van der Waals surface area contributed by atoms with Crippen molar-refractivity contribution in [2.75, 3.05) is 31.7 Å². The van der Waals surface area contributed by atoms with Crippen molar-refractivity contribution < 1.29 is 23.5 Å². The molecule has 0 N–H and O–H groups in total. The summed E-state index contributed by atoms with van der Waals surface area (Å²) in [5.41, 5.74) is 0.652. The van der Waals surface area contributed by atoms with Crippen LogP contribution in [-0.4, -0.2) is 73.0 Å². The highest BCUT2D eigenvalue weighted by molar-refractivity contribution is 5.88. The molecule has 0 aliphatic carbocycles. The summed E-state index contributed by atoms with van der Waals surface area (Å²) in [7, 11) is 1.37. The quantitative estimate of drug-likeness (QED) is 0.567. The van der Waals surface area contributed by atoms with Crippen molar-refractivity contribution in [1.82, 2.24) is 9.80 Å². The van der Waals surface area contributed by atoms with E-state index in [1.165, 1.54) is 19.2 Å². The highest BCUT2D eigenvalue weighted by Crippen LogP contribution is 2.31. The number of hydrogen-bond donors (Lipinski definition) is 0. The van der Waals surface area contributed by atoms with Gasteiger partial charge in [-0.15, -0.1) is 0 Å². The summed E-state index contributed by atoms with van der Waals surface area (Å²) in [5.74, 6) is -0.331. The predicted molar refractivity (Wildman–Crippen MR) is 126 cm³/mol. The minimum absolute atomic E-state index is 0.000740. The van der Waals surface area contributed by atoms with Crippen LogP contribution in [0.4, 0.5) is 19.7 Å². The molecule has 2 fully saturated rings. The van der Waals surface area contributed by atoms with E-state index in [2.05, 4.69) is 18.7 Å². The number of likely N-dealkylation sites (tertiary alicyclic amines) is 2. The average molecular weight is 464 g/mol. The molecule has 0 spiro atoms. The summed E-state index contributed by atoms with van der Waals surface area (Å²) in [4.78, 5) is 31.1. The smallest absolute Gasteiger partial charge is 0.414 e. The number of amides is 2. The number of anilines is 1. The van der Waals surface area contributed by atoms with Gasteiger partial charge >= 0.3 is 12.2 Å². The molecule has 33 heavy (non-hydrogen) atoms. The number of ether oxygens (including phenoxy) is 2. The Hall–Kier alpha value is -2.35. The molecule has 2 amide bonds. The summed E-state index contributed by atoms with van der Waals surface area (Å²) in [6.07, 6.45) is 4.96. The fourth-order valence-corrected chi connectivity index (χ4v) is 5.39. The molecule has 1 aromatic carbocycles. The van der Waals surface area contributed by atoms with Crippen molar-refractivity contribution in [2.24, 2.45) is 0 Å². The van der Waals surface area contributed by atoms with Gasteiger partial charge in [0.05, 0.1) is 13.7 Å². The van der Waals surface area contributed by atoms with Crippen LogP contribution in [0.3, 0.4) is 0 Å². The Morgan fingerprint density at radius 2 is 1.79 bits per heavy atom. The molecule has 184 valence electrons. The molecular weight excluding hydrogens is 425 g/mol. The maximum absolute atomic E-state index is 13.4. The van der Waals surface area contributed by atoms with Crippen LogP contribution < -0.4 is 4.90 Å². The van der Waals surface area contributed by atoms with Crippen LogP contribution in [0.15, 0.2) is 24.3 Å². The second-order valence-corrected chi connectivity index (χ2v) is 9.07. The van der Waals surface area contributed by atoms with E-state index in [1.807, 2.05) is 11.8 Å². The SMILES string of the molecule is CCOC(=O)N1C(C)CCC1CC(CC)N1CCC(N(C(=O)OC)c2ccc(F)cc2)CC1. The maximum atomic E-state index is 13.4. The molecule has 0 saturated carbocycles. The van der Waals surface area contributed by atoms with Gasteiger partial charge in [0.2, 0.25) is 0 Å². The first-order chi connectivity index (χ1) is 15.9. The van der Waals surface area contributed by atoms with Gasteiger partial charge < -0.3 is 19.3 Å². The molecule has 2 aliphatic heterocycles. The van der Waals surface area contributed by atoms with E-state index in [0.29, 0.717) is 18.3 Å². The van der Waals surface area contributed by atoms with Gasteiger partial charge in [-0.3, -0.25) is 4.90 Å². The van der Waals surface area contributed by atoms with Gasteiger partial charge in [0.25, 0.3) is 0 Å². The summed E-state index contributed by atoms with van der Waals surface area (Å²) in [5, 5.41) is 0. The van der Waals surface area contributed by atoms with Crippen LogP contribution >= 0.6 is 0 Å². The minimum atomic E-state index is -0.419. The topological polar surface area (TPSA) is 62.3 Å². The number of piperidine rings is 1. The van der Waals surface area contributed by atoms with Crippen molar-refractivity contribution in [2.45, 2.75) is 83.5 Å². The first-order valence-electron chi connectivity index (χ1n) is 12.2. The third kappa shape index (κ3) is 5.96. The molecule has 3 atom stereocenters. The van der Waals surface area contributed by atoms with Crippen LogP contribution in [0.2, 0.25) is 0 Å². The molecule has 7 nitrogen and oxygen atoms in total. The summed E-state index contributed by atoms with van der Waals surface area (Å²) < 4.78 is 23.7. The van der Waals surface area contributed by atoms with Gasteiger partial charge in [0, 0.05) is 42.9 Å². The molecule has 3 unspecified atom stereocenters. The standard InChI is InChI=1S/C25H38FN3O4/c1-5-20(17-23-10-7-18(3)28(23)25(31)33-6-2)27-15-13-22(14-16-27)29(24(30)32-4)21-11-8-19(26)9-12-21/h8-9,11-12,18,20,22-23H,5-7,10,13-17H2,1-4H3. The molecule has 0 radical (unpaired) electrons. The monoisotopic (exact) mass is 463 g/mol. The first-order valence-corrected chi connectivity index (χ1v) is 12.2. The van der Waals surface area contributed by atoms with Gasteiger partial charge in [-0.05, 0) is 76.6 Å². The van der Waals surface area contributed by atoms with Gasteiger partial charge in [0.15, 0.2) is 0 Å². The molecule has 3 rings (SSSR count). The molecule has 1 aromatic rings. The van der Waals surface area contributed by atoms with E-state index in [-0.39, 0.29) is 30.0 Å². The Morgan fingerprint density at radius 3 is 2.36 bits per heavy atom. The zero-order valence-corrected chi connectivity index (χ0v) is 20.3. The lowest BCUT2D eigenvalue weighted by Gasteiger charge is -2.42.